The summed E-state index contributed by atoms with van der Waals surface area (Å²) in [6, 6.07) is 13.0. The van der Waals surface area contributed by atoms with Gasteiger partial charge in [-0.15, -0.1) is 0 Å². The van der Waals surface area contributed by atoms with Gasteiger partial charge in [0.1, 0.15) is 5.75 Å². The first-order chi connectivity index (χ1) is 13.3. The Morgan fingerprint density at radius 3 is 2.54 bits per heavy atom. The average Bonchev–Trinajstić information content (AvgIpc) is 2.65. The first kappa shape index (κ1) is 21.8. The first-order valence-corrected chi connectivity index (χ1v) is 11.1. The molecule has 7 heteroatoms. The van der Waals surface area contributed by atoms with Crippen molar-refractivity contribution in [3.63, 3.8) is 0 Å². The maximum atomic E-state index is 12.6. The lowest BCUT2D eigenvalue weighted by Crippen LogP contribution is -2.28. The minimum Gasteiger partial charge on any atom is -0.494 e. The highest BCUT2D eigenvalue weighted by molar-refractivity contribution is 7.92. The molecule has 0 saturated heterocycles. The third-order valence-corrected chi connectivity index (χ3v) is 5.76. The highest BCUT2D eigenvalue weighted by Crippen LogP contribution is 2.24. The monoisotopic (exact) mass is 404 g/mol. The van der Waals surface area contributed by atoms with Gasteiger partial charge >= 0.3 is 0 Å². The predicted octanol–water partition coefficient (Wildman–Crippen LogP) is 3.15. The topological polar surface area (TPSA) is 75.7 Å². The van der Waals surface area contributed by atoms with Crippen LogP contribution in [0.25, 0.3) is 0 Å². The third-order valence-electron chi connectivity index (χ3n) is 4.57. The molecule has 0 unspecified atom stereocenters. The fraction of sp³-hybridized carbons (Fsp3) is 0.381. The van der Waals surface area contributed by atoms with E-state index in [0.717, 1.165) is 30.4 Å². The molecule has 28 heavy (non-hydrogen) atoms. The van der Waals surface area contributed by atoms with Crippen molar-refractivity contribution in [1.29, 1.82) is 0 Å². The van der Waals surface area contributed by atoms with Crippen LogP contribution < -0.4 is 14.4 Å². The maximum Gasteiger partial charge on any atom is 0.251 e. The highest BCUT2D eigenvalue weighted by atomic mass is 32.2. The van der Waals surface area contributed by atoms with Crippen molar-refractivity contribution >= 4 is 21.6 Å². The fourth-order valence-electron chi connectivity index (χ4n) is 2.97. The molecule has 0 atom stereocenters. The Balaban J connectivity index is 1.99. The zero-order valence-electron chi connectivity index (χ0n) is 16.9. The van der Waals surface area contributed by atoms with Crippen LogP contribution in [0.3, 0.4) is 0 Å². The van der Waals surface area contributed by atoms with Crippen molar-refractivity contribution in [2.24, 2.45) is 0 Å². The summed E-state index contributed by atoms with van der Waals surface area (Å²) in [4.78, 5) is 12.6. The molecule has 2 aromatic rings. The second-order valence-electron chi connectivity index (χ2n) is 6.58. The Morgan fingerprint density at radius 2 is 1.86 bits per heavy atom. The van der Waals surface area contributed by atoms with E-state index in [2.05, 4.69) is 5.32 Å². The van der Waals surface area contributed by atoms with E-state index >= 15 is 0 Å². The molecular weight excluding hydrogens is 376 g/mol. The fourth-order valence-corrected chi connectivity index (χ4v) is 3.53. The van der Waals surface area contributed by atoms with Crippen LogP contribution in [0, 0.1) is 6.92 Å². The lowest BCUT2D eigenvalue weighted by atomic mass is 10.1. The number of aryl methyl sites for hydroxylation is 1. The molecule has 0 saturated carbocycles. The lowest BCUT2D eigenvalue weighted by Gasteiger charge is -2.20. The van der Waals surface area contributed by atoms with Crippen LogP contribution in [0.2, 0.25) is 0 Å². The van der Waals surface area contributed by atoms with Crippen LogP contribution in [-0.4, -0.2) is 40.8 Å². The molecule has 2 rings (SSSR count). The number of amides is 1. The quantitative estimate of drug-likeness (QED) is 0.652. The molecule has 0 bridgehead atoms. The van der Waals surface area contributed by atoms with E-state index in [9.17, 15) is 13.2 Å². The summed E-state index contributed by atoms with van der Waals surface area (Å²) in [7, 11) is -1.91. The van der Waals surface area contributed by atoms with Gasteiger partial charge in [-0.2, -0.15) is 0 Å². The summed E-state index contributed by atoms with van der Waals surface area (Å²) in [6.07, 6.45) is 2.71. The van der Waals surface area contributed by atoms with Crippen LogP contribution in [0.15, 0.2) is 42.5 Å². The van der Waals surface area contributed by atoms with Crippen molar-refractivity contribution in [2.45, 2.75) is 26.7 Å². The van der Waals surface area contributed by atoms with Crippen LogP contribution in [-0.2, 0) is 16.4 Å². The van der Waals surface area contributed by atoms with Gasteiger partial charge in [-0.25, -0.2) is 8.42 Å². The molecule has 2 aromatic carbocycles. The first-order valence-electron chi connectivity index (χ1n) is 9.28. The minimum atomic E-state index is -3.39. The third kappa shape index (κ3) is 5.48. The molecule has 6 nitrogen and oxygen atoms in total. The van der Waals surface area contributed by atoms with Gasteiger partial charge < -0.3 is 10.1 Å². The van der Waals surface area contributed by atoms with Gasteiger partial charge in [-0.1, -0.05) is 24.3 Å². The Morgan fingerprint density at radius 1 is 1.14 bits per heavy atom. The van der Waals surface area contributed by atoms with Crippen molar-refractivity contribution in [3.05, 3.63) is 59.2 Å². The number of ether oxygens (including phenoxy) is 1. The molecule has 0 aliphatic heterocycles. The average molecular weight is 405 g/mol. The second-order valence-corrected chi connectivity index (χ2v) is 8.59. The highest BCUT2D eigenvalue weighted by Gasteiger charge is 2.18. The van der Waals surface area contributed by atoms with Crippen molar-refractivity contribution in [2.75, 3.05) is 30.8 Å². The standard InChI is InChI=1S/C21H28N2O4S/c1-5-27-20-14-7-6-10-17(20)11-9-15-22-21(24)18-12-8-13-19(16(18)2)23(3)28(4,25)26/h6-8,10,12-14H,5,9,11,15H2,1-4H3,(H,22,24). The van der Waals surface area contributed by atoms with E-state index < -0.39 is 10.0 Å². The number of hydrogen-bond acceptors (Lipinski definition) is 4. The van der Waals surface area contributed by atoms with Gasteiger partial charge in [0.25, 0.3) is 5.91 Å². The zero-order valence-corrected chi connectivity index (χ0v) is 17.7. The number of anilines is 1. The second kappa shape index (κ2) is 9.59. The normalized spacial score (nSPS) is 11.1. The molecule has 0 radical (unpaired) electrons. The van der Waals surface area contributed by atoms with Crippen molar-refractivity contribution in [3.8, 4) is 5.75 Å². The summed E-state index contributed by atoms with van der Waals surface area (Å²) in [5.41, 5.74) is 2.73. The van der Waals surface area contributed by atoms with E-state index in [0.29, 0.717) is 30.0 Å². The van der Waals surface area contributed by atoms with Crippen molar-refractivity contribution in [1.82, 2.24) is 5.32 Å². The molecule has 0 fully saturated rings. The number of hydrogen-bond donors (Lipinski definition) is 1. The Bertz CT molecular complexity index is 926. The number of carbonyl (C=O) groups excluding carboxylic acids is 1. The van der Waals surface area contributed by atoms with Crippen molar-refractivity contribution < 1.29 is 17.9 Å². The van der Waals surface area contributed by atoms with E-state index in [1.165, 1.54) is 11.4 Å². The lowest BCUT2D eigenvalue weighted by molar-refractivity contribution is 0.0952. The molecule has 152 valence electrons. The number of nitrogens with one attached hydrogen (secondary N) is 1. The molecule has 1 N–H and O–H groups in total. The summed E-state index contributed by atoms with van der Waals surface area (Å²) in [5.74, 6) is 0.669. The van der Waals surface area contributed by atoms with Gasteiger partial charge in [0.15, 0.2) is 0 Å². The van der Waals surface area contributed by atoms with Crippen LogP contribution in [0.4, 0.5) is 5.69 Å². The number of para-hydroxylation sites is 1. The van der Waals surface area contributed by atoms with E-state index in [1.54, 1.807) is 25.1 Å². The molecule has 0 aromatic heterocycles. The molecule has 0 aliphatic carbocycles. The maximum absolute atomic E-state index is 12.6. The Kier molecular flexibility index (Phi) is 7.45. The van der Waals surface area contributed by atoms with Gasteiger partial charge in [-0.05, 0) is 56.0 Å². The summed E-state index contributed by atoms with van der Waals surface area (Å²) in [6.45, 7) is 4.84. The van der Waals surface area contributed by atoms with E-state index in [4.69, 9.17) is 4.74 Å². The SMILES string of the molecule is CCOc1ccccc1CCCNC(=O)c1cccc(N(C)S(C)(=O)=O)c1C. The van der Waals surface area contributed by atoms with Gasteiger partial charge in [0.2, 0.25) is 10.0 Å². The Hall–Kier alpha value is -2.54. The number of sulfonamides is 1. The molecule has 0 aliphatic rings. The molecular formula is C21H28N2O4S. The number of carbonyl (C=O) groups is 1. The van der Waals surface area contributed by atoms with Gasteiger partial charge in [0.05, 0.1) is 18.6 Å². The molecule has 1 amide bonds. The minimum absolute atomic E-state index is 0.209. The smallest absolute Gasteiger partial charge is 0.251 e. The number of nitrogens with zero attached hydrogens (tertiary/aromatic N) is 1. The number of rotatable bonds is 9. The van der Waals surface area contributed by atoms with Crippen LogP contribution in [0.5, 0.6) is 5.75 Å². The van der Waals surface area contributed by atoms with Gasteiger partial charge in [-0.3, -0.25) is 9.10 Å². The van der Waals surface area contributed by atoms with E-state index in [-0.39, 0.29) is 5.91 Å². The number of benzene rings is 2. The van der Waals surface area contributed by atoms with Crippen LogP contribution in [0.1, 0.15) is 34.8 Å². The zero-order chi connectivity index (χ0) is 20.7. The van der Waals surface area contributed by atoms with E-state index in [1.807, 2.05) is 31.2 Å². The molecule has 0 heterocycles. The summed E-state index contributed by atoms with van der Waals surface area (Å²) >= 11 is 0. The predicted molar refractivity (Wildman–Crippen MR) is 113 cm³/mol. The summed E-state index contributed by atoms with van der Waals surface area (Å²) in [5, 5.41) is 2.92. The van der Waals surface area contributed by atoms with Gasteiger partial charge in [0, 0.05) is 19.2 Å². The Labute approximate surface area is 167 Å². The largest absolute Gasteiger partial charge is 0.494 e. The summed E-state index contributed by atoms with van der Waals surface area (Å²) < 4.78 is 30.4. The molecule has 0 spiro atoms. The van der Waals surface area contributed by atoms with Crippen LogP contribution >= 0.6 is 0 Å².